The number of fused-ring (bicyclic) bond motifs is 3. The molecule has 36 heavy (non-hydrogen) atoms. The van der Waals surface area contributed by atoms with Gasteiger partial charge in [0.2, 0.25) is 17.7 Å². The summed E-state index contributed by atoms with van der Waals surface area (Å²) in [5, 5.41) is 7.79. The lowest BCUT2D eigenvalue weighted by molar-refractivity contribution is -0.131. The first-order valence-electron chi connectivity index (χ1n) is 12.1. The Labute approximate surface area is 211 Å². The van der Waals surface area contributed by atoms with Crippen molar-refractivity contribution in [2.45, 2.75) is 51.6 Å². The summed E-state index contributed by atoms with van der Waals surface area (Å²) < 4.78 is 5.50. The van der Waals surface area contributed by atoms with Gasteiger partial charge in [-0.3, -0.25) is 14.4 Å². The van der Waals surface area contributed by atoms with Crippen LogP contribution >= 0.6 is 0 Å². The van der Waals surface area contributed by atoms with Gasteiger partial charge >= 0.3 is 6.09 Å². The average molecular weight is 495 g/mol. The van der Waals surface area contributed by atoms with E-state index in [0.29, 0.717) is 6.42 Å². The molecule has 0 saturated carbocycles. The zero-order valence-corrected chi connectivity index (χ0v) is 20.9. The predicted molar refractivity (Wildman–Crippen MR) is 136 cm³/mol. The van der Waals surface area contributed by atoms with Gasteiger partial charge in [-0.15, -0.1) is 0 Å². The predicted octanol–water partition coefficient (Wildman–Crippen LogP) is 2.44. The Morgan fingerprint density at radius 1 is 0.917 bits per heavy atom. The van der Waals surface area contributed by atoms with Crippen LogP contribution in [0.2, 0.25) is 0 Å². The molecule has 0 unspecified atom stereocenters. The van der Waals surface area contributed by atoms with Crippen molar-refractivity contribution in [3.63, 3.8) is 0 Å². The van der Waals surface area contributed by atoms with Crippen LogP contribution in [-0.4, -0.2) is 49.1 Å². The van der Waals surface area contributed by atoms with Crippen LogP contribution in [0, 0.1) is 5.92 Å². The maximum absolute atomic E-state index is 12.7. The van der Waals surface area contributed by atoms with Crippen molar-refractivity contribution in [1.29, 1.82) is 0 Å². The molecular formula is C27H34N4O5. The number of hydrogen-bond acceptors (Lipinski definition) is 5. The summed E-state index contributed by atoms with van der Waals surface area (Å²) >= 11 is 0. The van der Waals surface area contributed by atoms with E-state index < -0.39 is 35.9 Å². The molecule has 9 nitrogen and oxygen atoms in total. The van der Waals surface area contributed by atoms with Crippen LogP contribution in [-0.2, 0) is 19.1 Å². The standard InChI is InChI=1S/C27H34N4O5/c1-16(2)14-24(25(28)33)31-26(34)23(30-17(3)32)12-13-29-27(35)36-15-22-20-10-6-4-8-18(20)19-9-5-7-11-21(19)22/h4-11,16,22-24H,12-15H2,1-3H3,(H2,28,33)(H,29,35)(H,30,32)(H,31,34)/t23-,24-/m0/s1. The topological polar surface area (TPSA) is 140 Å². The number of hydrogen-bond donors (Lipinski definition) is 4. The third kappa shape index (κ3) is 6.84. The van der Waals surface area contributed by atoms with E-state index in [1.165, 1.54) is 6.92 Å². The molecule has 192 valence electrons. The van der Waals surface area contributed by atoms with Gasteiger partial charge < -0.3 is 26.4 Å². The molecule has 0 spiro atoms. The van der Waals surface area contributed by atoms with Crippen LogP contribution in [0.1, 0.15) is 50.7 Å². The van der Waals surface area contributed by atoms with Gasteiger partial charge in [0.1, 0.15) is 18.7 Å². The number of nitrogens with two attached hydrogens (primary N) is 1. The number of nitrogens with one attached hydrogen (secondary N) is 3. The molecule has 1 aliphatic carbocycles. The van der Waals surface area contributed by atoms with Crippen molar-refractivity contribution in [2.24, 2.45) is 11.7 Å². The minimum absolute atomic E-state index is 0.0623. The van der Waals surface area contributed by atoms with E-state index in [4.69, 9.17) is 10.5 Å². The van der Waals surface area contributed by atoms with E-state index in [2.05, 4.69) is 28.1 Å². The average Bonchev–Trinajstić information content (AvgIpc) is 3.14. The minimum atomic E-state index is -0.939. The Morgan fingerprint density at radius 3 is 2.03 bits per heavy atom. The maximum atomic E-state index is 12.7. The number of carbonyl (C=O) groups is 4. The second kappa shape index (κ2) is 12.2. The SMILES string of the molecule is CC(=O)N[C@@H](CCNC(=O)OCC1c2ccccc2-c2ccccc21)C(=O)N[C@@H](CC(C)C)C(N)=O. The van der Waals surface area contributed by atoms with Crippen LogP contribution in [0.25, 0.3) is 11.1 Å². The Hall–Kier alpha value is -3.88. The summed E-state index contributed by atoms with van der Waals surface area (Å²) in [4.78, 5) is 48.4. The number of amides is 4. The fourth-order valence-corrected chi connectivity index (χ4v) is 4.47. The molecule has 4 amide bonds. The molecule has 3 rings (SSSR count). The highest BCUT2D eigenvalue weighted by molar-refractivity contribution is 5.91. The third-order valence-electron chi connectivity index (χ3n) is 6.11. The smallest absolute Gasteiger partial charge is 0.407 e. The molecule has 0 fully saturated rings. The molecule has 0 aromatic heterocycles. The zero-order valence-electron chi connectivity index (χ0n) is 20.9. The molecule has 2 atom stereocenters. The monoisotopic (exact) mass is 494 g/mol. The Morgan fingerprint density at radius 2 is 1.50 bits per heavy atom. The summed E-state index contributed by atoms with van der Waals surface area (Å²) in [5.74, 6) is -1.51. The Kier molecular flexibility index (Phi) is 9.05. The zero-order chi connectivity index (χ0) is 26.2. The van der Waals surface area contributed by atoms with Crippen LogP contribution in [0.4, 0.5) is 4.79 Å². The lowest BCUT2D eigenvalue weighted by atomic mass is 9.98. The van der Waals surface area contributed by atoms with Gasteiger partial charge in [0.05, 0.1) is 0 Å². The van der Waals surface area contributed by atoms with Gasteiger partial charge in [0.25, 0.3) is 0 Å². The van der Waals surface area contributed by atoms with Crippen molar-refractivity contribution in [1.82, 2.24) is 16.0 Å². The summed E-state index contributed by atoms with van der Waals surface area (Å²) in [7, 11) is 0. The van der Waals surface area contributed by atoms with E-state index in [0.717, 1.165) is 22.3 Å². The number of primary amides is 1. The third-order valence-corrected chi connectivity index (χ3v) is 6.11. The van der Waals surface area contributed by atoms with Crippen LogP contribution in [0.3, 0.4) is 0 Å². The first kappa shape index (κ1) is 26.7. The van der Waals surface area contributed by atoms with Gasteiger partial charge in [0, 0.05) is 19.4 Å². The van der Waals surface area contributed by atoms with Gasteiger partial charge in [-0.25, -0.2) is 4.79 Å². The van der Waals surface area contributed by atoms with Gasteiger partial charge in [-0.2, -0.15) is 0 Å². The Bertz CT molecular complexity index is 1070. The van der Waals surface area contributed by atoms with Gasteiger partial charge in [-0.05, 0) is 41.0 Å². The van der Waals surface area contributed by atoms with Crippen molar-refractivity contribution >= 4 is 23.8 Å². The number of ether oxygens (including phenoxy) is 1. The lowest BCUT2D eigenvalue weighted by Crippen LogP contribution is -2.53. The number of rotatable bonds is 11. The molecular weight excluding hydrogens is 460 g/mol. The highest BCUT2D eigenvalue weighted by Gasteiger charge is 2.29. The summed E-state index contributed by atoms with van der Waals surface area (Å²) in [6.45, 7) is 5.36. The molecule has 0 radical (unpaired) electrons. The Balaban J connectivity index is 1.54. The summed E-state index contributed by atoms with van der Waals surface area (Å²) in [5.41, 5.74) is 9.90. The second-order valence-electron chi connectivity index (χ2n) is 9.39. The van der Waals surface area contributed by atoms with Gasteiger partial charge in [-0.1, -0.05) is 62.4 Å². The second-order valence-corrected chi connectivity index (χ2v) is 9.39. The van der Waals surface area contributed by atoms with Crippen LogP contribution in [0.5, 0.6) is 0 Å². The molecule has 0 saturated heterocycles. The molecule has 0 bridgehead atoms. The molecule has 0 heterocycles. The summed E-state index contributed by atoms with van der Waals surface area (Å²) in [6, 6.07) is 14.3. The minimum Gasteiger partial charge on any atom is -0.449 e. The number of carbonyl (C=O) groups excluding carboxylic acids is 4. The van der Waals surface area contributed by atoms with Crippen LogP contribution < -0.4 is 21.7 Å². The van der Waals surface area contributed by atoms with E-state index in [1.54, 1.807) is 0 Å². The van der Waals surface area contributed by atoms with Crippen molar-refractivity contribution in [3.8, 4) is 11.1 Å². The molecule has 2 aromatic rings. The van der Waals surface area contributed by atoms with Crippen molar-refractivity contribution < 1.29 is 23.9 Å². The van der Waals surface area contributed by atoms with Gasteiger partial charge in [0.15, 0.2) is 0 Å². The molecule has 5 N–H and O–H groups in total. The highest BCUT2D eigenvalue weighted by Crippen LogP contribution is 2.44. The van der Waals surface area contributed by atoms with Crippen molar-refractivity contribution in [2.75, 3.05) is 13.2 Å². The highest BCUT2D eigenvalue weighted by atomic mass is 16.5. The largest absolute Gasteiger partial charge is 0.449 e. The van der Waals surface area contributed by atoms with E-state index in [9.17, 15) is 19.2 Å². The van der Waals surface area contributed by atoms with Crippen molar-refractivity contribution in [3.05, 3.63) is 59.7 Å². The summed E-state index contributed by atoms with van der Waals surface area (Å²) in [6.07, 6.45) is -0.122. The number of alkyl carbamates (subject to hydrolysis) is 1. The first-order valence-corrected chi connectivity index (χ1v) is 12.1. The lowest BCUT2D eigenvalue weighted by Gasteiger charge is -2.22. The molecule has 2 aromatic carbocycles. The quantitative estimate of drug-likeness (QED) is 0.380. The van der Waals surface area contributed by atoms with Crippen LogP contribution in [0.15, 0.2) is 48.5 Å². The maximum Gasteiger partial charge on any atom is 0.407 e. The molecule has 9 heteroatoms. The molecule has 0 aliphatic heterocycles. The fourth-order valence-electron chi connectivity index (χ4n) is 4.47. The normalized spacial score (nSPS) is 13.8. The van der Waals surface area contributed by atoms with E-state index >= 15 is 0 Å². The number of benzene rings is 2. The molecule has 1 aliphatic rings. The van der Waals surface area contributed by atoms with E-state index in [1.807, 2.05) is 50.2 Å². The fraction of sp³-hybridized carbons (Fsp3) is 0.407. The first-order chi connectivity index (χ1) is 17.2. The van der Waals surface area contributed by atoms with E-state index in [-0.39, 0.29) is 31.4 Å².